The van der Waals surface area contributed by atoms with Gasteiger partial charge in [0, 0.05) is 6.07 Å². The number of halogens is 2. The number of benzene rings is 2. The van der Waals surface area contributed by atoms with Gasteiger partial charge >= 0.3 is 0 Å². The molecule has 0 bridgehead atoms. The van der Waals surface area contributed by atoms with Gasteiger partial charge in [-0.05, 0) is 36.8 Å². The quantitative estimate of drug-likeness (QED) is 0.755. The Kier molecular flexibility index (Phi) is 5.10. The molecule has 0 N–H and O–H groups in total. The van der Waals surface area contributed by atoms with Crippen LogP contribution in [-0.4, -0.2) is 19.5 Å². The van der Waals surface area contributed by atoms with Crippen LogP contribution in [0.5, 0.6) is 11.5 Å². The maximum absolute atomic E-state index is 12.2. The van der Waals surface area contributed by atoms with Gasteiger partial charge in [-0.15, -0.1) is 0 Å². The SMILES string of the molecule is COc1cc(C)ccc1C(=O)COc1ccc(Cl)c(Cl)c1. The van der Waals surface area contributed by atoms with Gasteiger partial charge < -0.3 is 9.47 Å². The molecule has 0 saturated heterocycles. The second-order valence-corrected chi connectivity index (χ2v) is 5.31. The fraction of sp³-hybridized carbons (Fsp3) is 0.188. The first kappa shape index (κ1) is 15.7. The topological polar surface area (TPSA) is 35.5 Å². The summed E-state index contributed by atoms with van der Waals surface area (Å²) in [5.74, 6) is 0.861. The molecular formula is C16H14Cl2O3. The largest absolute Gasteiger partial charge is 0.496 e. The van der Waals surface area contributed by atoms with Crippen LogP contribution in [0.4, 0.5) is 0 Å². The lowest BCUT2D eigenvalue weighted by Gasteiger charge is -2.10. The molecule has 0 saturated carbocycles. The van der Waals surface area contributed by atoms with Crippen LogP contribution in [0.15, 0.2) is 36.4 Å². The molecule has 2 rings (SSSR count). The van der Waals surface area contributed by atoms with Crippen LogP contribution in [0.25, 0.3) is 0 Å². The van der Waals surface area contributed by atoms with Crippen molar-refractivity contribution in [2.75, 3.05) is 13.7 Å². The minimum Gasteiger partial charge on any atom is -0.496 e. The fourth-order valence-electron chi connectivity index (χ4n) is 1.82. The average Bonchev–Trinajstić information content (AvgIpc) is 2.48. The Labute approximate surface area is 133 Å². The Bertz CT molecular complexity index is 669. The number of carbonyl (C=O) groups is 1. The Balaban J connectivity index is 2.09. The number of ether oxygens (including phenoxy) is 2. The summed E-state index contributed by atoms with van der Waals surface area (Å²) in [6.45, 7) is 1.83. The zero-order valence-electron chi connectivity index (χ0n) is 11.7. The van der Waals surface area contributed by atoms with Crippen LogP contribution in [0, 0.1) is 6.92 Å². The van der Waals surface area contributed by atoms with Crippen molar-refractivity contribution in [1.82, 2.24) is 0 Å². The maximum Gasteiger partial charge on any atom is 0.203 e. The predicted octanol–water partition coefficient (Wildman–Crippen LogP) is 4.57. The van der Waals surface area contributed by atoms with Gasteiger partial charge in [-0.3, -0.25) is 4.79 Å². The molecular weight excluding hydrogens is 311 g/mol. The summed E-state index contributed by atoms with van der Waals surface area (Å²) in [7, 11) is 1.53. The van der Waals surface area contributed by atoms with E-state index >= 15 is 0 Å². The Morgan fingerprint density at radius 1 is 1.10 bits per heavy atom. The normalized spacial score (nSPS) is 10.3. The van der Waals surface area contributed by atoms with Crippen LogP contribution in [0.3, 0.4) is 0 Å². The van der Waals surface area contributed by atoms with Crippen molar-refractivity contribution in [3.63, 3.8) is 0 Å². The predicted molar refractivity (Wildman–Crippen MR) is 84.0 cm³/mol. The van der Waals surface area contributed by atoms with E-state index in [2.05, 4.69) is 0 Å². The lowest BCUT2D eigenvalue weighted by molar-refractivity contribution is 0.0918. The first-order chi connectivity index (χ1) is 10.0. The van der Waals surface area contributed by atoms with Gasteiger partial charge in [0.15, 0.2) is 6.61 Å². The van der Waals surface area contributed by atoms with E-state index in [-0.39, 0.29) is 12.4 Å². The molecule has 0 aromatic heterocycles. The first-order valence-electron chi connectivity index (χ1n) is 6.27. The van der Waals surface area contributed by atoms with Crippen molar-refractivity contribution < 1.29 is 14.3 Å². The molecule has 0 atom stereocenters. The van der Waals surface area contributed by atoms with Gasteiger partial charge in [-0.1, -0.05) is 29.3 Å². The van der Waals surface area contributed by atoms with E-state index in [4.69, 9.17) is 32.7 Å². The Hall–Kier alpha value is -1.71. The molecule has 2 aromatic carbocycles. The molecule has 110 valence electrons. The van der Waals surface area contributed by atoms with Crippen molar-refractivity contribution in [2.45, 2.75) is 6.92 Å². The maximum atomic E-state index is 12.2. The van der Waals surface area contributed by atoms with Crippen LogP contribution in [0.1, 0.15) is 15.9 Å². The molecule has 0 spiro atoms. The zero-order chi connectivity index (χ0) is 15.4. The van der Waals surface area contributed by atoms with Gasteiger partial charge in [-0.25, -0.2) is 0 Å². The smallest absolute Gasteiger partial charge is 0.203 e. The van der Waals surface area contributed by atoms with E-state index in [1.54, 1.807) is 24.3 Å². The average molecular weight is 325 g/mol. The molecule has 0 radical (unpaired) electrons. The number of carbonyl (C=O) groups excluding carboxylic acids is 1. The summed E-state index contributed by atoms with van der Waals surface area (Å²) in [6, 6.07) is 10.3. The molecule has 0 aliphatic heterocycles. The Morgan fingerprint density at radius 3 is 2.52 bits per heavy atom. The number of ketones is 1. The van der Waals surface area contributed by atoms with E-state index < -0.39 is 0 Å². The van der Waals surface area contributed by atoms with E-state index in [1.165, 1.54) is 7.11 Å². The molecule has 2 aromatic rings. The standard InChI is InChI=1S/C16H14Cl2O3/c1-10-3-5-12(16(7-10)20-2)15(19)9-21-11-4-6-13(17)14(18)8-11/h3-8H,9H2,1-2H3. The molecule has 0 amide bonds. The van der Waals surface area contributed by atoms with Crippen molar-refractivity contribution in [3.8, 4) is 11.5 Å². The summed E-state index contributed by atoms with van der Waals surface area (Å²) in [5.41, 5.74) is 1.51. The first-order valence-corrected chi connectivity index (χ1v) is 7.02. The van der Waals surface area contributed by atoms with Crippen LogP contribution in [-0.2, 0) is 0 Å². The van der Waals surface area contributed by atoms with Gasteiger partial charge in [0.2, 0.25) is 5.78 Å². The van der Waals surface area contributed by atoms with Gasteiger partial charge in [0.05, 0.1) is 22.7 Å². The molecule has 0 aliphatic carbocycles. The summed E-state index contributed by atoms with van der Waals surface area (Å²) < 4.78 is 10.7. The highest BCUT2D eigenvalue weighted by atomic mass is 35.5. The molecule has 0 aliphatic rings. The molecule has 0 fully saturated rings. The third kappa shape index (κ3) is 3.90. The number of hydrogen-bond acceptors (Lipinski definition) is 3. The minimum atomic E-state index is -0.169. The van der Waals surface area contributed by atoms with Crippen LogP contribution < -0.4 is 9.47 Å². The van der Waals surface area contributed by atoms with Gasteiger partial charge in [0.25, 0.3) is 0 Å². The lowest BCUT2D eigenvalue weighted by atomic mass is 10.1. The van der Waals surface area contributed by atoms with Crippen LogP contribution >= 0.6 is 23.2 Å². The molecule has 3 nitrogen and oxygen atoms in total. The number of methoxy groups -OCH3 is 1. The zero-order valence-corrected chi connectivity index (χ0v) is 13.2. The van der Waals surface area contributed by atoms with Crippen LogP contribution in [0.2, 0.25) is 10.0 Å². The summed E-state index contributed by atoms with van der Waals surface area (Å²) in [5, 5.41) is 0.824. The molecule has 5 heteroatoms. The Morgan fingerprint density at radius 2 is 1.86 bits per heavy atom. The number of hydrogen-bond donors (Lipinski definition) is 0. The number of Topliss-reactive ketones (excluding diaryl/α,β-unsaturated/α-hetero) is 1. The van der Waals surface area contributed by atoms with Gasteiger partial charge in [-0.2, -0.15) is 0 Å². The van der Waals surface area contributed by atoms with Crippen molar-refractivity contribution in [2.24, 2.45) is 0 Å². The number of aryl methyl sites for hydroxylation is 1. The van der Waals surface area contributed by atoms with E-state index in [9.17, 15) is 4.79 Å². The number of rotatable bonds is 5. The lowest BCUT2D eigenvalue weighted by Crippen LogP contribution is -2.12. The van der Waals surface area contributed by atoms with E-state index in [1.807, 2.05) is 19.1 Å². The second kappa shape index (κ2) is 6.83. The molecule has 21 heavy (non-hydrogen) atoms. The summed E-state index contributed by atoms with van der Waals surface area (Å²) >= 11 is 11.7. The van der Waals surface area contributed by atoms with Crippen molar-refractivity contribution in [3.05, 3.63) is 57.6 Å². The molecule has 0 unspecified atom stereocenters. The highest BCUT2D eigenvalue weighted by Crippen LogP contribution is 2.27. The van der Waals surface area contributed by atoms with Crippen molar-refractivity contribution >= 4 is 29.0 Å². The fourth-order valence-corrected chi connectivity index (χ4v) is 2.11. The summed E-state index contributed by atoms with van der Waals surface area (Å²) in [4.78, 5) is 12.2. The monoisotopic (exact) mass is 324 g/mol. The highest BCUT2D eigenvalue weighted by Gasteiger charge is 2.13. The molecule has 0 heterocycles. The third-order valence-electron chi connectivity index (χ3n) is 2.92. The highest BCUT2D eigenvalue weighted by molar-refractivity contribution is 6.42. The van der Waals surface area contributed by atoms with E-state index in [0.717, 1.165) is 5.56 Å². The van der Waals surface area contributed by atoms with Gasteiger partial charge in [0.1, 0.15) is 11.5 Å². The third-order valence-corrected chi connectivity index (χ3v) is 3.66. The van der Waals surface area contributed by atoms with E-state index in [0.29, 0.717) is 27.1 Å². The summed E-state index contributed by atoms with van der Waals surface area (Å²) in [6.07, 6.45) is 0. The minimum absolute atomic E-state index is 0.0998. The van der Waals surface area contributed by atoms with Crippen molar-refractivity contribution in [1.29, 1.82) is 0 Å². The second-order valence-electron chi connectivity index (χ2n) is 4.49.